The maximum Gasteiger partial charge on any atom is 0.394 e. The van der Waals surface area contributed by atoms with Crippen molar-refractivity contribution >= 4 is 0 Å². The lowest BCUT2D eigenvalue weighted by Gasteiger charge is -2.31. The van der Waals surface area contributed by atoms with Crippen molar-refractivity contribution in [3.05, 3.63) is 0 Å². The Labute approximate surface area is 64.8 Å². The zero-order chi connectivity index (χ0) is 8.70. The van der Waals surface area contributed by atoms with Crippen molar-refractivity contribution in [2.24, 2.45) is 11.3 Å². The summed E-state index contributed by atoms with van der Waals surface area (Å²) >= 11 is 0. The van der Waals surface area contributed by atoms with Crippen molar-refractivity contribution in [2.45, 2.75) is 39.3 Å². The van der Waals surface area contributed by atoms with Crippen molar-refractivity contribution in [3.8, 4) is 0 Å². The molecule has 1 fully saturated rings. The second kappa shape index (κ2) is 2.39. The topological polar surface area (TPSA) is 0 Å². The van der Waals surface area contributed by atoms with Gasteiger partial charge in [0.25, 0.3) is 0 Å². The summed E-state index contributed by atoms with van der Waals surface area (Å²) in [6, 6.07) is 0. The van der Waals surface area contributed by atoms with Gasteiger partial charge in [0, 0.05) is 0 Å². The third kappa shape index (κ3) is 1.25. The van der Waals surface area contributed by atoms with Gasteiger partial charge in [-0.15, -0.1) is 0 Å². The van der Waals surface area contributed by atoms with Gasteiger partial charge in [-0.2, -0.15) is 13.2 Å². The van der Waals surface area contributed by atoms with Crippen molar-refractivity contribution < 1.29 is 13.2 Å². The van der Waals surface area contributed by atoms with E-state index in [9.17, 15) is 13.2 Å². The monoisotopic (exact) mass is 166 g/mol. The Hall–Kier alpha value is -0.210. The van der Waals surface area contributed by atoms with Gasteiger partial charge >= 0.3 is 6.18 Å². The van der Waals surface area contributed by atoms with E-state index in [1.54, 1.807) is 6.92 Å². The Morgan fingerprint density at radius 1 is 1.36 bits per heavy atom. The molecule has 0 radical (unpaired) electrons. The predicted molar refractivity (Wildman–Crippen MR) is 37.2 cm³/mol. The maximum atomic E-state index is 12.4. The highest BCUT2D eigenvalue weighted by molar-refractivity contribution is 4.91. The van der Waals surface area contributed by atoms with E-state index in [1.807, 2.05) is 0 Å². The van der Waals surface area contributed by atoms with E-state index < -0.39 is 11.6 Å². The van der Waals surface area contributed by atoms with E-state index in [-0.39, 0.29) is 5.92 Å². The van der Waals surface area contributed by atoms with Gasteiger partial charge in [-0.05, 0) is 18.8 Å². The molecule has 0 amide bonds. The van der Waals surface area contributed by atoms with Crippen LogP contribution in [0.25, 0.3) is 0 Å². The van der Waals surface area contributed by atoms with Crippen LogP contribution in [-0.4, -0.2) is 6.18 Å². The Morgan fingerprint density at radius 2 is 1.91 bits per heavy atom. The van der Waals surface area contributed by atoms with Gasteiger partial charge in [-0.1, -0.05) is 20.3 Å². The average Bonchev–Trinajstić information content (AvgIpc) is 2.12. The molecule has 0 aliphatic heterocycles. The zero-order valence-corrected chi connectivity index (χ0v) is 6.83. The van der Waals surface area contributed by atoms with Gasteiger partial charge in [0.1, 0.15) is 0 Å². The van der Waals surface area contributed by atoms with Crippen LogP contribution in [0.1, 0.15) is 33.1 Å². The van der Waals surface area contributed by atoms with Crippen LogP contribution in [0.3, 0.4) is 0 Å². The number of hydrogen-bond acceptors (Lipinski definition) is 0. The summed E-state index contributed by atoms with van der Waals surface area (Å²) in [5.74, 6) is -0.206. The fourth-order valence-electron chi connectivity index (χ4n) is 1.76. The van der Waals surface area contributed by atoms with Crippen LogP contribution in [0.5, 0.6) is 0 Å². The van der Waals surface area contributed by atoms with E-state index in [2.05, 4.69) is 0 Å². The van der Waals surface area contributed by atoms with Crippen molar-refractivity contribution in [1.29, 1.82) is 0 Å². The maximum absolute atomic E-state index is 12.4. The summed E-state index contributed by atoms with van der Waals surface area (Å²) in [6.07, 6.45) is -2.27. The fourth-order valence-corrected chi connectivity index (χ4v) is 1.76. The van der Waals surface area contributed by atoms with E-state index in [4.69, 9.17) is 0 Å². The summed E-state index contributed by atoms with van der Waals surface area (Å²) in [7, 11) is 0. The number of rotatable bonds is 0. The highest BCUT2D eigenvalue weighted by atomic mass is 19.4. The molecule has 0 aromatic rings. The molecule has 0 nitrogen and oxygen atoms in total. The lowest BCUT2D eigenvalue weighted by Crippen LogP contribution is -2.37. The molecule has 1 rings (SSSR count). The van der Waals surface area contributed by atoms with Crippen LogP contribution >= 0.6 is 0 Å². The first-order chi connectivity index (χ1) is 4.88. The molecule has 2 atom stereocenters. The summed E-state index contributed by atoms with van der Waals surface area (Å²) in [4.78, 5) is 0. The highest BCUT2D eigenvalue weighted by Crippen LogP contribution is 2.53. The van der Waals surface area contributed by atoms with Crippen molar-refractivity contribution in [3.63, 3.8) is 0 Å². The first-order valence-corrected chi connectivity index (χ1v) is 3.94. The fraction of sp³-hybridized carbons (Fsp3) is 1.00. The van der Waals surface area contributed by atoms with Crippen LogP contribution in [0, 0.1) is 11.3 Å². The van der Waals surface area contributed by atoms with Crippen LogP contribution in [-0.2, 0) is 0 Å². The predicted octanol–water partition coefficient (Wildman–Crippen LogP) is 3.38. The quantitative estimate of drug-likeness (QED) is 0.517. The van der Waals surface area contributed by atoms with Crippen LogP contribution in [0.15, 0.2) is 0 Å². The molecular formula is C8H13F3. The second-order valence-electron chi connectivity index (χ2n) is 3.71. The summed E-state index contributed by atoms with van der Waals surface area (Å²) in [6.45, 7) is 3.03. The van der Waals surface area contributed by atoms with E-state index in [0.29, 0.717) is 6.42 Å². The van der Waals surface area contributed by atoms with Gasteiger partial charge in [-0.25, -0.2) is 0 Å². The van der Waals surface area contributed by atoms with Crippen molar-refractivity contribution in [1.82, 2.24) is 0 Å². The van der Waals surface area contributed by atoms with E-state index >= 15 is 0 Å². The molecule has 1 saturated carbocycles. The van der Waals surface area contributed by atoms with Gasteiger partial charge in [0.05, 0.1) is 5.41 Å². The minimum Gasteiger partial charge on any atom is -0.171 e. The summed E-state index contributed by atoms with van der Waals surface area (Å²) in [5, 5.41) is 0. The number of halogens is 3. The SMILES string of the molecule is C[C@@H]1CCCC1(C)C(F)(F)F. The van der Waals surface area contributed by atoms with Gasteiger partial charge in [0.15, 0.2) is 0 Å². The first kappa shape index (κ1) is 8.88. The Morgan fingerprint density at radius 3 is 2.09 bits per heavy atom. The molecule has 0 bridgehead atoms. The molecule has 0 aromatic carbocycles. The van der Waals surface area contributed by atoms with Crippen LogP contribution in [0.4, 0.5) is 13.2 Å². The zero-order valence-electron chi connectivity index (χ0n) is 6.83. The lowest BCUT2D eigenvalue weighted by atomic mass is 9.80. The van der Waals surface area contributed by atoms with Crippen molar-refractivity contribution in [2.75, 3.05) is 0 Å². The van der Waals surface area contributed by atoms with Crippen LogP contribution < -0.4 is 0 Å². The Balaban J connectivity index is 2.81. The van der Waals surface area contributed by atoms with E-state index in [1.165, 1.54) is 6.92 Å². The van der Waals surface area contributed by atoms with E-state index in [0.717, 1.165) is 12.8 Å². The largest absolute Gasteiger partial charge is 0.394 e. The molecule has 1 unspecified atom stereocenters. The number of alkyl halides is 3. The molecule has 0 heterocycles. The molecular weight excluding hydrogens is 153 g/mol. The molecule has 3 heteroatoms. The Kier molecular flexibility index (Phi) is 1.93. The molecule has 0 saturated heterocycles. The normalized spacial score (nSPS) is 39.5. The minimum absolute atomic E-state index is 0.206. The number of hydrogen-bond donors (Lipinski definition) is 0. The molecule has 66 valence electrons. The standard InChI is InChI=1S/C8H13F3/c1-6-4-3-5-7(6,2)8(9,10)11/h6H,3-5H2,1-2H3/t6-,7?/m1/s1. The molecule has 0 aromatic heterocycles. The minimum atomic E-state index is -4.01. The summed E-state index contributed by atoms with van der Waals surface area (Å²) in [5.41, 5.74) is -1.41. The highest BCUT2D eigenvalue weighted by Gasteiger charge is 2.55. The molecule has 0 spiro atoms. The molecule has 1 aliphatic rings. The third-order valence-electron chi connectivity index (χ3n) is 3.07. The molecule has 0 N–H and O–H groups in total. The van der Waals surface area contributed by atoms with Gasteiger partial charge in [-0.3, -0.25) is 0 Å². The lowest BCUT2D eigenvalue weighted by molar-refractivity contribution is -0.227. The van der Waals surface area contributed by atoms with Gasteiger partial charge in [0.2, 0.25) is 0 Å². The average molecular weight is 166 g/mol. The molecule has 11 heavy (non-hydrogen) atoms. The van der Waals surface area contributed by atoms with Gasteiger partial charge < -0.3 is 0 Å². The van der Waals surface area contributed by atoms with Crippen LogP contribution in [0.2, 0.25) is 0 Å². The summed E-state index contributed by atoms with van der Waals surface area (Å²) < 4.78 is 37.2. The third-order valence-corrected chi connectivity index (χ3v) is 3.07. The molecule has 1 aliphatic carbocycles. The second-order valence-corrected chi connectivity index (χ2v) is 3.71. The Bertz CT molecular complexity index is 150. The first-order valence-electron chi connectivity index (χ1n) is 3.94. The smallest absolute Gasteiger partial charge is 0.171 e.